The van der Waals surface area contributed by atoms with E-state index in [0.717, 1.165) is 32.7 Å². The normalized spacial score (nSPS) is 11.6. The van der Waals surface area contributed by atoms with Crippen LogP contribution in [0.3, 0.4) is 0 Å². The number of methoxy groups -OCH3 is 1. The van der Waals surface area contributed by atoms with Crippen LogP contribution in [0.1, 0.15) is 22.8 Å². The highest BCUT2D eigenvalue weighted by molar-refractivity contribution is 7.98. The summed E-state index contributed by atoms with van der Waals surface area (Å²) in [5.41, 5.74) is 1.79. The van der Waals surface area contributed by atoms with Gasteiger partial charge in [0.1, 0.15) is 18.1 Å². The Bertz CT molecular complexity index is 944. The number of benzene rings is 3. The fourth-order valence-electron chi connectivity index (χ4n) is 2.69. The van der Waals surface area contributed by atoms with E-state index in [-0.39, 0.29) is 11.9 Å². The second-order valence-corrected chi connectivity index (χ2v) is 8.29. The van der Waals surface area contributed by atoms with Crippen molar-refractivity contribution in [1.29, 1.82) is 0 Å². The molecular formula is C24H24ClNO3S. The van der Waals surface area contributed by atoms with Crippen molar-refractivity contribution >= 4 is 29.3 Å². The van der Waals surface area contributed by atoms with Gasteiger partial charge in [0.2, 0.25) is 0 Å². The SMILES string of the molecule is COc1ccc(OC[C@@H](C)NC(=O)c2ccc(CSc3ccc(Cl)cc3)cc2)cc1. The number of thioether (sulfide) groups is 1. The molecule has 1 atom stereocenters. The monoisotopic (exact) mass is 441 g/mol. The maximum Gasteiger partial charge on any atom is 0.251 e. The number of amides is 1. The van der Waals surface area contributed by atoms with E-state index in [1.807, 2.05) is 79.7 Å². The van der Waals surface area contributed by atoms with Gasteiger partial charge in [0.25, 0.3) is 5.91 Å². The topological polar surface area (TPSA) is 47.6 Å². The zero-order chi connectivity index (χ0) is 21.3. The predicted molar refractivity (Wildman–Crippen MR) is 123 cm³/mol. The van der Waals surface area contributed by atoms with Crippen molar-refractivity contribution in [1.82, 2.24) is 5.32 Å². The van der Waals surface area contributed by atoms with Gasteiger partial charge in [0.15, 0.2) is 0 Å². The summed E-state index contributed by atoms with van der Waals surface area (Å²) < 4.78 is 10.9. The van der Waals surface area contributed by atoms with E-state index in [1.54, 1.807) is 18.9 Å². The van der Waals surface area contributed by atoms with Crippen LogP contribution in [0, 0.1) is 0 Å². The van der Waals surface area contributed by atoms with E-state index >= 15 is 0 Å². The molecule has 3 aromatic carbocycles. The molecule has 0 spiro atoms. The lowest BCUT2D eigenvalue weighted by Gasteiger charge is -2.15. The first-order valence-electron chi connectivity index (χ1n) is 9.58. The third-order valence-electron chi connectivity index (χ3n) is 4.37. The molecule has 156 valence electrons. The maximum absolute atomic E-state index is 12.5. The van der Waals surface area contributed by atoms with Gasteiger partial charge < -0.3 is 14.8 Å². The van der Waals surface area contributed by atoms with Gasteiger partial charge in [-0.3, -0.25) is 4.79 Å². The fraction of sp³-hybridized carbons (Fsp3) is 0.208. The number of carbonyl (C=O) groups excluding carboxylic acids is 1. The summed E-state index contributed by atoms with van der Waals surface area (Å²) in [6, 6.07) is 22.7. The molecule has 0 fully saturated rings. The first kappa shape index (κ1) is 22.1. The highest BCUT2D eigenvalue weighted by Crippen LogP contribution is 2.24. The minimum Gasteiger partial charge on any atom is -0.497 e. The van der Waals surface area contributed by atoms with Gasteiger partial charge in [-0.2, -0.15) is 0 Å². The molecule has 0 unspecified atom stereocenters. The number of ether oxygens (including phenoxy) is 2. The van der Waals surface area contributed by atoms with E-state index in [4.69, 9.17) is 21.1 Å². The molecule has 3 aromatic rings. The third-order valence-corrected chi connectivity index (χ3v) is 5.71. The number of carbonyl (C=O) groups is 1. The summed E-state index contributed by atoms with van der Waals surface area (Å²) in [6.45, 7) is 2.30. The van der Waals surface area contributed by atoms with E-state index in [2.05, 4.69) is 5.32 Å². The second kappa shape index (κ2) is 11.0. The zero-order valence-corrected chi connectivity index (χ0v) is 18.5. The second-order valence-electron chi connectivity index (χ2n) is 6.80. The van der Waals surface area contributed by atoms with Crippen molar-refractivity contribution in [2.45, 2.75) is 23.6 Å². The summed E-state index contributed by atoms with van der Waals surface area (Å²) in [7, 11) is 1.62. The van der Waals surface area contributed by atoms with Crippen LogP contribution in [0.5, 0.6) is 11.5 Å². The first-order chi connectivity index (χ1) is 14.5. The maximum atomic E-state index is 12.5. The first-order valence-corrected chi connectivity index (χ1v) is 10.9. The van der Waals surface area contributed by atoms with Gasteiger partial charge in [-0.25, -0.2) is 0 Å². The summed E-state index contributed by atoms with van der Waals surface area (Å²) in [5.74, 6) is 2.23. The highest BCUT2D eigenvalue weighted by Gasteiger charge is 2.11. The summed E-state index contributed by atoms with van der Waals surface area (Å²) in [6.07, 6.45) is 0. The Labute approximate surface area is 186 Å². The van der Waals surface area contributed by atoms with Gasteiger partial charge in [-0.1, -0.05) is 23.7 Å². The summed E-state index contributed by atoms with van der Waals surface area (Å²) >= 11 is 7.64. The molecule has 4 nitrogen and oxygen atoms in total. The van der Waals surface area contributed by atoms with Crippen molar-refractivity contribution in [2.75, 3.05) is 13.7 Å². The van der Waals surface area contributed by atoms with Gasteiger partial charge in [-0.15, -0.1) is 11.8 Å². The molecule has 3 rings (SSSR count). The Morgan fingerprint density at radius 3 is 2.23 bits per heavy atom. The Balaban J connectivity index is 1.45. The minimum atomic E-state index is -0.125. The minimum absolute atomic E-state index is 0.113. The number of halogens is 1. The molecule has 0 saturated carbocycles. The molecular weight excluding hydrogens is 418 g/mol. The molecule has 0 aliphatic carbocycles. The average molecular weight is 442 g/mol. The summed E-state index contributed by atoms with van der Waals surface area (Å²) in [4.78, 5) is 13.6. The quantitative estimate of drug-likeness (QED) is 0.424. The smallest absolute Gasteiger partial charge is 0.251 e. The molecule has 1 N–H and O–H groups in total. The molecule has 0 aliphatic heterocycles. The Morgan fingerprint density at radius 2 is 1.60 bits per heavy atom. The number of rotatable bonds is 9. The van der Waals surface area contributed by atoms with Crippen LogP contribution in [0.15, 0.2) is 77.7 Å². The highest BCUT2D eigenvalue weighted by atomic mass is 35.5. The fourth-order valence-corrected chi connectivity index (χ4v) is 3.67. The molecule has 1 amide bonds. The van der Waals surface area contributed by atoms with Gasteiger partial charge in [0, 0.05) is 21.2 Å². The lowest BCUT2D eigenvalue weighted by Crippen LogP contribution is -2.36. The van der Waals surface area contributed by atoms with Crippen molar-refractivity contribution in [3.63, 3.8) is 0 Å². The molecule has 0 aromatic heterocycles. The number of hydrogen-bond donors (Lipinski definition) is 1. The van der Waals surface area contributed by atoms with E-state index in [1.165, 1.54) is 0 Å². The predicted octanol–water partition coefficient (Wildman–Crippen LogP) is 5.84. The molecule has 6 heteroatoms. The van der Waals surface area contributed by atoms with E-state index in [9.17, 15) is 4.79 Å². The lowest BCUT2D eigenvalue weighted by molar-refractivity contribution is 0.0926. The van der Waals surface area contributed by atoms with Crippen molar-refractivity contribution < 1.29 is 14.3 Å². The Hall–Kier alpha value is -2.63. The largest absolute Gasteiger partial charge is 0.497 e. The molecule has 0 bridgehead atoms. The Kier molecular flexibility index (Phi) is 8.05. The number of hydrogen-bond acceptors (Lipinski definition) is 4. The van der Waals surface area contributed by atoms with Crippen molar-refractivity contribution in [2.24, 2.45) is 0 Å². The molecule has 0 aliphatic rings. The van der Waals surface area contributed by atoms with Crippen LogP contribution in [0.2, 0.25) is 5.02 Å². The zero-order valence-electron chi connectivity index (χ0n) is 16.9. The molecule has 0 heterocycles. The van der Waals surface area contributed by atoms with Gasteiger partial charge >= 0.3 is 0 Å². The van der Waals surface area contributed by atoms with Crippen LogP contribution in [-0.2, 0) is 5.75 Å². The van der Waals surface area contributed by atoms with Crippen LogP contribution >= 0.6 is 23.4 Å². The average Bonchev–Trinajstić information content (AvgIpc) is 2.78. The van der Waals surface area contributed by atoms with Crippen LogP contribution < -0.4 is 14.8 Å². The van der Waals surface area contributed by atoms with Crippen LogP contribution in [-0.4, -0.2) is 25.7 Å². The van der Waals surface area contributed by atoms with Crippen molar-refractivity contribution in [3.8, 4) is 11.5 Å². The third kappa shape index (κ3) is 6.71. The molecule has 30 heavy (non-hydrogen) atoms. The van der Waals surface area contributed by atoms with E-state index in [0.29, 0.717) is 12.2 Å². The number of nitrogens with one attached hydrogen (secondary N) is 1. The molecule has 0 radical (unpaired) electrons. The van der Waals surface area contributed by atoms with Crippen molar-refractivity contribution in [3.05, 3.63) is 88.9 Å². The Morgan fingerprint density at radius 1 is 0.967 bits per heavy atom. The van der Waals surface area contributed by atoms with Gasteiger partial charge in [0.05, 0.1) is 13.2 Å². The van der Waals surface area contributed by atoms with Gasteiger partial charge in [-0.05, 0) is 73.2 Å². The lowest BCUT2D eigenvalue weighted by atomic mass is 10.1. The van der Waals surface area contributed by atoms with E-state index < -0.39 is 0 Å². The molecule has 0 saturated heterocycles. The van der Waals surface area contributed by atoms with Crippen LogP contribution in [0.4, 0.5) is 0 Å². The standard InChI is InChI=1S/C24H24ClNO3S/c1-17(15-29-22-11-9-21(28-2)10-12-22)26-24(27)19-5-3-18(4-6-19)16-30-23-13-7-20(25)8-14-23/h3-14,17H,15-16H2,1-2H3,(H,26,27)/t17-/m1/s1. The van der Waals surface area contributed by atoms with Crippen LogP contribution in [0.25, 0.3) is 0 Å². The summed E-state index contributed by atoms with van der Waals surface area (Å²) in [5, 5.41) is 3.70.